The van der Waals surface area contributed by atoms with Crippen LogP contribution in [0.1, 0.15) is 40.9 Å². The number of ether oxygens (including phenoxy) is 1. The third-order valence-corrected chi connectivity index (χ3v) is 5.16. The SMILES string of the molecule is O=C(O)c1cc(Cc2n[nH]c(=O)c3ccc(OC4CCC4)cc23)ccc1Cl. The number of carboxylic acids is 1. The van der Waals surface area contributed by atoms with Crippen LogP contribution in [0, 0.1) is 0 Å². The Morgan fingerprint density at radius 1 is 1.22 bits per heavy atom. The zero-order valence-electron chi connectivity index (χ0n) is 14.4. The Balaban J connectivity index is 1.73. The molecule has 0 amide bonds. The predicted molar refractivity (Wildman–Crippen MR) is 102 cm³/mol. The molecule has 3 aromatic rings. The smallest absolute Gasteiger partial charge is 0.337 e. The summed E-state index contributed by atoms with van der Waals surface area (Å²) in [5.41, 5.74) is 1.15. The average Bonchev–Trinajstić information content (AvgIpc) is 2.62. The Morgan fingerprint density at radius 2 is 2.04 bits per heavy atom. The first-order chi connectivity index (χ1) is 13.0. The normalized spacial score (nSPS) is 14.1. The summed E-state index contributed by atoms with van der Waals surface area (Å²) in [5.74, 6) is -0.375. The molecule has 0 spiro atoms. The molecule has 1 heterocycles. The molecule has 1 fully saturated rings. The van der Waals surface area contributed by atoms with Gasteiger partial charge in [-0.15, -0.1) is 0 Å². The standard InChI is InChI=1S/C20H17ClN2O4/c21-17-7-4-11(8-16(17)20(25)26)9-18-15-10-13(27-12-2-1-3-12)5-6-14(15)19(24)23-22-18/h4-8,10,12H,1-3,9H2,(H,23,24)(H,25,26). The van der Waals surface area contributed by atoms with Crippen molar-refractivity contribution in [2.45, 2.75) is 31.8 Å². The van der Waals surface area contributed by atoms with Gasteiger partial charge in [0.2, 0.25) is 0 Å². The average molecular weight is 385 g/mol. The van der Waals surface area contributed by atoms with Gasteiger partial charge in [-0.3, -0.25) is 4.79 Å². The van der Waals surface area contributed by atoms with E-state index in [2.05, 4.69) is 10.2 Å². The fourth-order valence-electron chi connectivity index (χ4n) is 3.13. The van der Waals surface area contributed by atoms with Gasteiger partial charge in [0.1, 0.15) is 5.75 Å². The number of fused-ring (bicyclic) bond motifs is 1. The molecule has 0 saturated heterocycles. The largest absolute Gasteiger partial charge is 0.490 e. The molecule has 1 aliphatic rings. The third-order valence-electron chi connectivity index (χ3n) is 4.83. The second-order valence-electron chi connectivity index (χ2n) is 6.67. The highest BCUT2D eigenvalue weighted by molar-refractivity contribution is 6.33. The van der Waals surface area contributed by atoms with E-state index in [9.17, 15) is 14.7 Å². The van der Waals surface area contributed by atoms with Crippen molar-refractivity contribution in [2.24, 2.45) is 0 Å². The monoisotopic (exact) mass is 384 g/mol. The zero-order valence-corrected chi connectivity index (χ0v) is 15.1. The van der Waals surface area contributed by atoms with E-state index in [1.54, 1.807) is 24.3 Å². The molecule has 0 radical (unpaired) electrons. The van der Waals surface area contributed by atoms with Crippen LogP contribution in [-0.2, 0) is 6.42 Å². The number of aromatic carboxylic acids is 1. The molecule has 2 N–H and O–H groups in total. The zero-order chi connectivity index (χ0) is 19.0. The highest BCUT2D eigenvalue weighted by Crippen LogP contribution is 2.28. The number of aromatic amines is 1. The van der Waals surface area contributed by atoms with Gasteiger partial charge in [-0.1, -0.05) is 17.7 Å². The van der Waals surface area contributed by atoms with Crippen molar-refractivity contribution < 1.29 is 14.6 Å². The van der Waals surface area contributed by atoms with E-state index in [-0.39, 0.29) is 22.2 Å². The van der Waals surface area contributed by atoms with Gasteiger partial charge in [0.25, 0.3) is 5.56 Å². The number of halogens is 1. The van der Waals surface area contributed by atoms with Crippen molar-refractivity contribution in [2.75, 3.05) is 0 Å². The molecule has 0 unspecified atom stereocenters. The molecule has 4 rings (SSSR count). The molecule has 1 saturated carbocycles. The molecule has 0 bridgehead atoms. The van der Waals surface area contributed by atoms with Crippen LogP contribution in [0.25, 0.3) is 10.8 Å². The summed E-state index contributed by atoms with van der Waals surface area (Å²) in [6.07, 6.45) is 3.85. The Morgan fingerprint density at radius 3 is 2.74 bits per heavy atom. The fourth-order valence-corrected chi connectivity index (χ4v) is 3.33. The lowest BCUT2D eigenvalue weighted by Gasteiger charge is -2.26. The van der Waals surface area contributed by atoms with Crippen LogP contribution in [0.3, 0.4) is 0 Å². The summed E-state index contributed by atoms with van der Waals surface area (Å²) < 4.78 is 5.93. The van der Waals surface area contributed by atoms with Crippen LogP contribution in [0.4, 0.5) is 0 Å². The van der Waals surface area contributed by atoms with E-state index < -0.39 is 5.97 Å². The molecule has 2 aromatic carbocycles. The lowest BCUT2D eigenvalue weighted by molar-refractivity contribution is 0.0697. The lowest BCUT2D eigenvalue weighted by atomic mass is 9.96. The van der Waals surface area contributed by atoms with Gasteiger partial charge in [0, 0.05) is 11.8 Å². The summed E-state index contributed by atoms with van der Waals surface area (Å²) in [6.45, 7) is 0. The number of hydrogen-bond acceptors (Lipinski definition) is 4. The second-order valence-corrected chi connectivity index (χ2v) is 7.08. The minimum Gasteiger partial charge on any atom is -0.490 e. The summed E-state index contributed by atoms with van der Waals surface area (Å²) in [5, 5.41) is 17.3. The number of rotatable bonds is 5. The van der Waals surface area contributed by atoms with E-state index in [4.69, 9.17) is 16.3 Å². The summed E-state index contributed by atoms with van der Waals surface area (Å²) in [4.78, 5) is 23.4. The van der Waals surface area contributed by atoms with Crippen LogP contribution in [-0.4, -0.2) is 27.4 Å². The molecule has 0 atom stereocenters. The van der Waals surface area contributed by atoms with E-state index in [0.29, 0.717) is 28.6 Å². The Labute approximate surface area is 159 Å². The lowest BCUT2D eigenvalue weighted by Crippen LogP contribution is -2.24. The number of H-pyrrole nitrogens is 1. The number of nitrogens with one attached hydrogen (secondary N) is 1. The van der Waals surface area contributed by atoms with Gasteiger partial charge in [0.15, 0.2) is 0 Å². The van der Waals surface area contributed by atoms with Crippen LogP contribution in [0.2, 0.25) is 5.02 Å². The van der Waals surface area contributed by atoms with E-state index >= 15 is 0 Å². The third kappa shape index (κ3) is 3.53. The van der Waals surface area contributed by atoms with Crippen molar-refractivity contribution in [3.8, 4) is 5.75 Å². The van der Waals surface area contributed by atoms with Crippen molar-refractivity contribution in [3.63, 3.8) is 0 Å². The fraction of sp³-hybridized carbons (Fsp3) is 0.250. The van der Waals surface area contributed by atoms with Crippen molar-refractivity contribution in [3.05, 3.63) is 68.6 Å². The van der Waals surface area contributed by atoms with Crippen LogP contribution in [0.15, 0.2) is 41.2 Å². The topological polar surface area (TPSA) is 92.3 Å². The molecule has 6 nitrogen and oxygen atoms in total. The maximum Gasteiger partial charge on any atom is 0.337 e. The second kappa shape index (κ2) is 7.04. The summed E-state index contributed by atoms with van der Waals surface area (Å²) >= 11 is 5.94. The van der Waals surface area contributed by atoms with Gasteiger partial charge in [-0.2, -0.15) is 5.10 Å². The maximum absolute atomic E-state index is 12.1. The van der Waals surface area contributed by atoms with Crippen LogP contribution in [0.5, 0.6) is 5.75 Å². The summed E-state index contributed by atoms with van der Waals surface area (Å²) in [6, 6.07) is 10.2. The number of nitrogens with zero attached hydrogens (tertiary/aromatic N) is 1. The first-order valence-corrected chi connectivity index (χ1v) is 9.09. The van der Waals surface area contributed by atoms with Gasteiger partial charge in [0.05, 0.1) is 27.8 Å². The maximum atomic E-state index is 12.1. The van der Waals surface area contributed by atoms with Crippen molar-refractivity contribution in [1.29, 1.82) is 0 Å². The summed E-state index contributed by atoms with van der Waals surface area (Å²) in [7, 11) is 0. The van der Waals surface area contributed by atoms with Gasteiger partial charge in [-0.05, 0) is 55.2 Å². The molecule has 7 heteroatoms. The Bertz CT molecular complexity index is 1090. The van der Waals surface area contributed by atoms with Crippen LogP contribution >= 0.6 is 11.6 Å². The van der Waals surface area contributed by atoms with Crippen molar-refractivity contribution >= 4 is 28.3 Å². The minimum atomic E-state index is -1.09. The number of carboxylic acid groups (broad SMARTS) is 1. The number of hydrogen-bond donors (Lipinski definition) is 2. The van der Waals surface area contributed by atoms with Gasteiger partial charge < -0.3 is 9.84 Å². The first kappa shape index (κ1) is 17.5. The first-order valence-electron chi connectivity index (χ1n) is 8.71. The predicted octanol–water partition coefficient (Wildman–Crippen LogP) is 3.80. The molecule has 1 aliphatic carbocycles. The van der Waals surface area contributed by atoms with E-state index in [0.717, 1.165) is 18.4 Å². The highest BCUT2D eigenvalue weighted by atomic mass is 35.5. The van der Waals surface area contributed by atoms with Crippen LogP contribution < -0.4 is 10.3 Å². The highest BCUT2D eigenvalue weighted by Gasteiger charge is 2.19. The van der Waals surface area contributed by atoms with Gasteiger partial charge >= 0.3 is 5.97 Å². The Kier molecular flexibility index (Phi) is 4.58. The number of benzene rings is 2. The van der Waals surface area contributed by atoms with Crippen molar-refractivity contribution in [1.82, 2.24) is 10.2 Å². The molecule has 0 aliphatic heterocycles. The molecular formula is C20H17ClN2O4. The van der Waals surface area contributed by atoms with Gasteiger partial charge in [-0.25, -0.2) is 9.89 Å². The number of carbonyl (C=O) groups is 1. The molecule has 138 valence electrons. The minimum absolute atomic E-state index is 0.0388. The van der Waals surface area contributed by atoms with E-state index in [1.807, 2.05) is 6.07 Å². The molecule has 27 heavy (non-hydrogen) atoms. The molecule has 1 aromatic heterocycles. The number of aromatic nitrogens is 2. The van der Waals surface area contributed by atoms with E-state index in [1.165, 1.54) is 12.5 Å². The molecular weight excluding hydrogens is 368 g/mol. The Hall–Kier alpha value is -2.86. The quantitative estimate of drug-likeness (QED) is 0.698.